The lowest BCUT2D eigenvalue weighted by Gasteiger charge is -2.06. The fraction of sp³-hybridized carbons (Fsp3) is 0.438. The number of H-pyrrole nitrogens is 1. The summed E-state index contributed by atoms with van der Waals surface area (Å²) in [7, 11) is 0. The molecule has 1 aromatic heterocycles. The first-order valence-corrected chi connectivity index (χ1v) is 7.53. The van der Waals surface area contributed by atoms with E-state index in [1.54, 1.807) is 0 Å². The van der Waals surface area contributed by atoms with E-state index in [0.717, 1.165) is 30.7 Å². The third kappa shape index (κ3) is 3.68. The van der Waals surface area contributed by atoms with Crippen molar-refractivity contribution in [2.45, 2.75) is 38.5 Å². The second kappa shape index (κ2) is 6.52. The van der Waals surface area contributed by atoms with Crippen LogP contribution in [0.15, 0.2) is 24.5 Å². The van der Waals surface area contributed by atoms with Gasteiger partial charge in [-0.15, -0.1) is 0 Å². The van der Waals surface area contributed by atoms with E-state index in [9.17, 15) is 4.79 Å². The van der Waals surface area contributed by atoms with Crippen LogP contribution in [0.4, 0.5) is 0 Å². The van der Waals surface area contributed by atoms with Crippen molar-refractivity contribution in [1.82, 2.24) is 20.5 Å². The van der Waals surface area contributed by atoms with Crippen LogP contribution >= 0.6 is 0 Å². The number of hydrogen-bond acceptors (Lipinski definition) is 3. The molecule has 5 heteroatoms. The molecule has 0 bridgehead atoms. The lowest BCUT2D eigenvalue weighted by molar-refractivity contribution is -0.120. The number of aromatic nitrogens is 3. The van der Waals surface area contributed by atoms with Crippen LogP contribution in [0.25, 0.3) is 0 Å². The van der Waals surface area contributed by atoms with Gasteiger partial charge in [-0.25, -0.2) is 4.98 Å². The van der Waals surface area contributed by atoms with Gasteiger partial charge in [0.2, 0.25) is 5.91 Å². The first-order valence-electron chi connectivity index (χ1n) is 7.53. The molecule has 1 heterocycles. The molecule has 2 aromatic rings. The summed E-state index contributed by atoms with van der Waals surface area (Å²) >= 11 is 0. The summed E-state index contributed by atoms with van der Waals surface area (Å²) in [4.78, 5) is 16.0. The molecule has 0 spiro atoms. The Bertz CT molecular complexity index is 607. The number of aromatic amines is 1. The van der Waals surface area contributed by atoms with Gasteiger partial charge >= 0.3 is 0 Å². The van der Waals surface area contributed by atoms with Crippen molar-refractivity contribution >= 4 is 5.91 Å². The third-order valence-corrected chi connectivity index (χ3v) is 3.91. The third-order valence-electron chi connectivity index (χ3n) is 3.91. The van der Waals surface area contributed by atoms with Crippen LogP contribution < -0.4 is 5.32 Å². The summed E-state index contributed by atoms with van der Waals surface area (Å²) in [6.07, 6.45) is 7.22. The maximum atomic E-state index is 11.9. The van der Waals surface area contributed by atoms with E-state index in [1.807, 2.05) is 0 Å². The quantitative estimate of drug-likeness (QED) is 0.791. The van der Waals surface area contributed by atoms with Crippen molar-refractivity contribution in [3.05, 3.63) is 47.0 Å². The summed E-state index contributed by atoms with van der Waals surface area (Å²) < 4.78 is 0. The fourth-order valence-corrected chi connectivity index (χ4v) is 2.82. The largest absolute Gasteiger partial charge is 0.356 e. The molecule has 110 valence electrons. The molecule has 3 rings (SSSR count). The Morgan fingerprint density at radius 2 is 2.19 bits per heavy atom. The van der Waals surface area contributed by atoms with Gasteiger partial charge in [0.05, 0.1) is 6.42 Å². The first kappa shape index (κ1) is 13.8. The zero-order valence-electron chi connectivity index (χ0n) is 12.1. The number of benzene rings is 1. The Labute approximate surface area is 124 Å². The molecule has 0 saturated carbocycles. The van der Waals surface area contributed by atoms with Crippen molar-refractivity contribution in [1.29, 1.82) is 0 Å². The van der Waals surface area contributed by atoms with E-state index in [-0.39, 0.29) is 5.91 Å². The summed E-state index contributed by atoms with van der Waals surface area (Å²) in [5.74, 6) is 0.952. The van der Waals surface area contributed by atoms with Crippen LogP contribution in [0, 0.1) is 0 Å². The monoisotopic (exact) mass is 284 g/mol. The van der Waals surface area contributed by atoms with E-state index in [2.05, 4.69) is 38.7 Å². The number of carbonyl (C=O) groups excluding carboxylic acids is 1. The van der Waals surface area contributed by atoms with E-state index in [1.165, 1.54) is 30.3 Å². The van der Waals surface area contributed by atoms with Crippen LogP contribution in [-0.4, -0.2) is 27.6 Å². The Balaban J connectivity index is 1.41. The number of nitrogens with zero attached hydrogens (tertiary/aromatic N) is 2. The zero-order chi connectivity index (χ0) is 14.5. The lowest BCUT2D eigenvalue weighted by atomic mass is 10.0. The molecule has 1 aliphatic rings. The summed E-state index contributed by atoms with van der Waals surface area (Å²) in [6.45, 7) is 0.671. The van der Waals surface area contributed by atoms with E-state index in [4.69, 9.17) is 0 Å². The van der Waals surface area contributed by atoms with Crippen LogP contribution in [0.1, 0.15) is 35.4 Å². The smallest absolute Gasteiger partial charge is 0.224 e. The predicted octanol–water partition coefficient (Wildman–Crippen LogP) is 1.58. The van der Waals surface area contributed by atoms with Gasteiger partial charge < -0.3 is 5.32 Å². The van der Waals surface area contributed by atoms with Crippen molar-refractivity contribution < 1.29 is 4.79 Å². The Morgan fingerprint density at radius 3 is 3.05 bits per heavy atom. The van der Waals surface area contributed by atoms with Crippen LogP contribution in [-0.2, 0) is 30.5 Å². The lowest BCUT2D eigenvalue weighted by Crippen LogP contribution is -2.26. The Hall–Kier alpha value is -2.17. The highest BCUT2D eigenvalue weighted by atomic mass is 16.1. The van der Waals surface area contributed by atoms with Gasteiger partial charge in [-0.3, -0.25) is 9.89 Å². The van der Waals surface area contributed by atoms with Crippen molar-refractivity contribution in [2.24, 2.45) is 0 Å². The Morgan fingerprint density at radius 1 is 1.29 bits per heavy atom. The molecule has 5 nitrogen and oxygen atoms in total. The van der Waals surface area contributed by atoms with E-state index < -0.39 is 0 Å². The van der Waals surface area contributed by atoms with Crippen LogP contribution in [0.3, 0.4) is 0 Å². The number of nitrogens with one attached hydrogen (secondary N) is 2. The summed E-state index contributed by atoms with van der Waals surface area (Å²) in [6, 6.07) is 6.45. The molecular weight excluding hydrogens is 264 g/mol. The molecule has 0 atom stereocenters. The first-order chi connectivity index (χ1) is 10.3. The molecule has 2 N–H and O–H groups in total. The van der Waals surface area contributed by atoms with Crippen LogP contribution in [0.2, 0.25) is 0 Å². The number of carbonyl (C=O) groups is 1. The molecule has 1 aromatic carbocycles. The van der Waals surface area contributed by atoms with Gasteiger partial charge in [-0.2, -0.15) is 5.10 Å². The molecule has 0 aliphatic heterocycles. The van der Waals surface area contributed by atoms with Gasteiger partial charge in [0.15, 0.2) is 0 Å². The molecule has 1 aliphatic carbocycles. The highest BCUT2D eigenvalue weighted by Crippen LogP contribution is 2.22. The number of amides is 1. The number of rotatable bonds is 6. The van der Waals surface area contributed by atoms with Gasteiger partial charge in [-0.1, -0.05) is 18.2 Å². The van der Waals surface area contributed by atoms with Gasteiger partial charge in [-0.05, 0) is 42.4 Å². The zero-order valence-corrected chi connectivity index (χ0v) is 12.1. The van der Waals surface area contributed by atoms with Crippen LogP contribution in [0.5, 0.6) is 0 Å². The second-order valence-electron chi connectivity index (χ2n) is 5.52. The predicted molar refractivity (Wildman–Crippen MR) is 79.9 cm³/mol. The number of aryl methyl sites for hydroxylation is 3. The molecule has 1 amide bonds. The minimum absolute atomic E-state index is 0.0884. The molecular formula is C16H20N4O. The standard InChI is InChI=1S/C16H20N4O/c21-16(17-8-2-5-15-18-11-19-20-15)10-12-6-7-13-3-1-4-14(13)9-12/h6-7,9,11H,1-5,8,10H2,(H,17,21)(H,18,19,20). The number of hydrogen-bond donors (Lipinski definition) is 2. The van der Waals surface area contributed by atoms with Crippen molar-refractivity contribution in [3.8, 4) is 0 Å². The molecule has 0 radical (unpaired) electrons. The Kier molecular flexibility index (Phi) is 4.28. The molecule has 0 fully saturated rings. The summed E-state index contributed by atoms with van der Waals surface area (Å²) in [5.41, 5.74) is 3.99. The summed E-state index contributed by atoms with van der Waals surface area (Å²) in [5, 5.41) is 9.57. The SMILES string of the molecule is O=C(Cc1ccc2c(c1)CCC2)NCCCc1ncn[nH]1. The molecule has 0 saturated heterocycles. The molecule has 0 unspecified atom stereocenters. The van der Waals surface area contributed by atoms with Gasteiger partial charge in [0.25, 0.3) is 0 Å². The minimum Gasteiger partial charge on any atom is -0.356 e. The highest BCUT2D eigenvalue weighted by molar-refractivity contribution is 5.78. The van der Waals surface area contributed by atoms with Crippen molar-refractivity contribution in [2.75, 3.05) is 6.54 Å². The average Bonchev–Trinajstić information content (AvgIpc) is 3.14. The van der Waals surface area contributed by atoms with Crippen molar-refractivity contribution in [3.63, 3.8) is 0 Å². The average molecular weight is 284 g/mol. The van der Waals surface area contributed by atoms with Gasteiger partial charge in [0.1, 0.15) is 12.2 Å². The maximum absolute atomic E-state index is 11.9. The molecule has 21 heavy (non-hydrogen) atoms. The van der Waals surface area contributed by atoms with E-state index >= 15 is 0 Å². The minimum atomic E-state index is 0.0884. The maximum Gasteiger partial charge on any atom is 0.224 e. The van der Waals surface area contributed by atoms with E-state index in [0.29, 0.717) is 13.0 Å². The van der Waals surface area contributed by atoms with Gasteiger partial charge in [0, 0.05) is 13.0 Å². The second-order valence-corrected chi connectivity index (χ2v) is 5.52. The fourth-order valence-electron chi connectivity index (χ4n) is 2.82. The number of fused-ring (bicyclic) bond motifs is 1. The normalized spacial score (nSPS) is 13.1. The topological polar surface area (TPSA) is 70.7 Å². The highest BCUT2D eigenvalue weighted by Gasteiger charge is 2.12.